The zero-order valence-corrected chi connectivity index (χ0v) is 45.1. The van der Waals surface area contributed by atoms with Crippen LogP contribution in [-0.4, -0.2) is 207 Å². The first kappa shape index (κ1) is 59.5. The number of aliphatic hydroxyl groups is 6. The minimum atomic E-state index is -1.85. The Morgan fingerprint density at radius 3 is 2.27 bits per heavy atom. The number of hydrogen-bond acceptors (Lipinski definition) is 17. The molecule has 1 unspecified atom stereocenters. The lowest BCUT2D eigenvalue weighted by Gasteiger charge is -2.49. The number of rotatable bonds is 14. The number of benzene rings is 1. The summed E-state index contributed by atoms with van der Waals surface area (Å²) < 4.78 is 38.3. The van der Waals surface area contributed by atoms with Crippen molar-refractivity contribution in [3.63, 3.8) is 0 Å². The first-order chi connectivity index (χ1) is 33.1. The quantitative estimate of drug-likeness (QED) is 0.133. The Bertz CT molecular complexity index is 1830. The molecular weight excluding hydrogens is 917 g/mol. The lowest BCUT2D eigenvalue weighted by atomic mass is 9.77. The van der Waals surface area contributed by atoms with E-state index in [0.29, 0.717) is 25.9 Å². The second-order valence-electron chi connectivity index (χ2n) is 22.6. The van der Waals surface area contributed by atoms with Gasteiger partial charge in [-0.1, -0.05) is 51.1 Å². The summed E-state index contributed by atoms with van der Waals surface area (Å²) in [4.78, 5) is 34.4. The lowest BCUT2D eigenvalue weighted by Crippen LogP contribution is -2.62. The number of hydrogen-bond donors (Lipinski definition) is 7. The standard InChI is InChI=1S/C53H92N4O14/c1-15-41-53(11,65)45(60)34(6)55(12)27-30(2)25-51(9,64)47(32(4)44(33(5)49(63)69-41)70-42-26-52(10,66-14)46(61)36(8)68-42)71-50-43(59)40(24-31(3)67-50)56(13)29-38(35(7)58)54-48(62)39-22-19-23-57(39)28-37-20-17-16-18-21-37/h16-18,20-21,30-36,38-47,50,58-61,64-65H,15,19,22-29H2,1-14H3,(H,54,62)/t30-,31-,32+,33-,34-,35+,36+,38?,39+,40+,41-,42+,43-,44+,45-,46+,47-,50+,51-,52-,53-/m1/s1. The topological polar surface area (TPSA) is 233 Å². The van der Waals surface area contributed by atoms with Gasteiger partial charge in [0.15, 0.2) is 12.6 Å². The fraction of sp³-hybridized carbons (Fsp3) is 0.849. The van der Waals surface area contributed by atoms with Crippen molar-refractivity contribution in [1.29, 1.82) is 0 Å². The average molecular weight is 1010 g/mol. The molecule has 0 spiro atoms. The van der Waals surface area contributed by atoms with E-state index < -0.39 is 120 Å². The highest BCUT2D eigenvalue weighted by Gasteiger charge is 2.53. The molecule has 4 saturated heterocycles. The van der Waals surface area contributed by atoms with E-state index in [1.165, 1.54) is 14.0 Å². The van der Waals surface area contributed by atoms with Crippen molar-refractivity contribution in [3.05, 3.63) is 35.9 Å². The van der Waals surface area contributed by atoms with Crippen molar-refractivity contribution in [2.45, 2.75) is 230 Å². The molecule has 408 valence electrons. The molecule has 4 aliphatic rings. The fourth-order valence-corrected chi connectivity index (χ4v) is 11.8. The van der Waals surface area contributed by atoms with Crippen molar-refractivity contribution in [1.82, 2.24) is 20.0 Å². The monoisotopic (exact) mass is 1010 g/mol. The molecule has 1 amide bonds. The summed E-state index contributed by atoms with van der Waals surface area (Å²) in [7, 11) is 5.15. The maximum atomic E-state index is 14.5. The minimum absolute atomic E-state index is 0.0815. The maximum absolute atomic E-state index is 14.5. The van der Waals surface area contributed by atoms with E-state index in [-0.39, 0.29) is 43.7 Å². The van der Waals surface area contributed by atoms with Gasteiger partial charge >= 0.3 is 5.97 Å². The van der Waals surface area contributed by atoms with Crippen LogP contribution in [0.5, 0.6) is 0 Å². The molecular formula is C53H92N4O14. The van der Waals surface area contributed by atoms with Gasteiger partial charge in [0.05, 0.1) is 59.7 Å². The van der Waals surface area contributed by atoms with E-state index in [1.807, 2.05) is 68.1 Å². The van der Waals surface area contributed by atoms with E-state index in [4.69, 9.17) is 28.4 Å². The van der Waals surface area contributed by atoms with Gasteiger partial charge in [0.25, 0.3) is 0 Å². The smallest absolute Gasteiger partial charge is 0.311 e. The number of carbonyl (C=O) groups is 2. The molecule has 0 bridgehead atoms. The third-order valence-electron chi connectivity index (χ3n) is 16.4. The number of likely N-dealkylation sites (tertiary alicyclic amines) is 1. The molecule has 0 saturated carbocycles. The van der Waals surface area contributed by atoms with Crippen LogP contribution in [0.3, 0.4) is 0 Å². The van der Waals surface area contributed by atoms with E-state index in [0.717, 1.165) is 18.5 Å². The molecule has 4 aliphatic heterocycles. The molecule has 1 aromatic carbocycles. The molecule has 18 heteroatoms. The van der Waals surface area contributed by atoms with Gasteiger partial charge < -0.3 is 69.3 Å². The largest absolute Gasteiger partial charge is 0.459 e. The molecule has 71 heavy (non-hydrogen) atoms. The van der Waals surface area contributed by atoms with Crippen LogP contribution < -0.4 is 5.32 Å². The Morgan fingerprint density at radius 2 is 1.65 bits per heavy atom. The van der Waals surface area contributed by atoms with Gasteiger partial charge in [0.1, 0.15) is 30.0 Å². The minimum Gasteiger partial charge on any atom is -0.459 e. The molecule has 1 aromatic rings. The lowest BCUT2D eigenvalue weighted by molar-refractivity contribution is -0.318. The normalized spacial score (nSPS) is 42.7. The van der Waals surface area contributed by atoms with E-state index in [1.54, 1.807) is 55.4 Å². The number of esters is 1. The highest BCUT2D eigenvalue weighted by Crippen LogP contribution is 2.40. The summed E-state index contributed by atoms with van der Waals surface area (Å²) in [5.41, 5.74) is -3.49. The van der Waals surface area contributed by atoms with Crippen LogP contribution in [-0.2, 0) is 44.6 Å². The number of methoxy groups -OCH3 is 1. The Morgan fingerprint density at radius 1 is 0.986 bits per heavy atom. The predicted octanol–water partition coefficient (Wildman–Crippen LogP) is 2.80. The first-order valence-electron chi connectivity index (χ1n) is 26.2. The van der Waals surface area contributed by atoms with Crippen LogP contribution >= 0.6 is 0 Å². The summed E-state index contributed by atoms with van der Waals surface area (Å²) in [5.74, 6) is -3.06. The van der Waals surface area contributed by atoms with Crippen molar-refractivity contribution in [2.24, 2.45) is 17.8 Å². The molecule has 5 rings (SSSR count). The van der Waals surface area contributed by atoms with Crippen molar-refractivity contribution in [3.8, 4) is 0 Å². The molecule has 7 N–H and O–H groups in total. The van der Waals surface area contributed by atoms with Crippen LogP contribution in [0.2, 0.25) is 0 Å². The van der Waals surface area contributed by atoms with E-state index >= 15 is 0 Å². The number of nitrogens with one attached hydrogen (secondary N) is 1. The van der Waals surface area contributed by atoms with Crippen LogP contribution in [0.25, 0.3) is 0 Å². The van der Waals surface area contributed by atoms with Gasteiger partial charge in [0.2, 0.25) is 5.91 Å². The SMILES string of the molecule is CC[C@H]1OC(=O)[C@H](C)[C@@H](O[C@H]2C[C@@](C)(OC)[C@@H](O)[C@H](C)O2)[C@H](C)[C@@H](O[C@@H]2O[C@H](C)C[C@H](N(C)CC(NC(=O)[C@@H]3CCCN3Cc3ccccc3)[C@H](C)O)[C@H]2O)[C@](C)(O)C[C@@H](C)CN(C)[C@H](C)[C@@H](O)[C@]1(C)O. The van der Waals surface area contributed by atoms with Crippen molar-refractivity contribution < 1.29 is 68.6 Å². The van der Waals surface area contributed by atoms with Crippen LogP contribution in [0.1, 0.15) is 120 Å². The van der Waals surface area contributed by atoms with E-state index in [2.05, 4.69) is 10.2 Å². The zero-order valence-electron chi connectivity index (χ0n) is 45.1. The highest BCUT2D eigenvalue weighted by atomic mass is 16.7. The summed E-state index contributed by atoms with van der Waals surface area (Å²) in [5, 5.41) is 74.1. The van der Waals surface area contributed by atoms with Crippen LogP contribution in [0.15, 0.2) is 30.3 Å². The van der Waals surface area contributed by atoms with Gasteiger partial charge in [-0.05, 0) is 120 Å². The Balaban J connectivity index is 1.46. The van der Waals surface area contributed by atoms with Crippen molar-refractivity contribution >= 4 is 11.9 Å². The van der Waals surface area contributed by atoms with E-state index in [9.17, 15) is 40.2 Å². The van der Waals surface area contributed by atoms with Gasteiger partial charge in [-0.25, -0.2) is 0 Å². The van der Waals surface area contributed by atoms with Gasteiger partial charge in [-0.3, -0.25) is 19.4 Å². The predicted molar refractivity (Wildman–Crippen MR) is 267 cm³/mol. The van der Waals surface area contributed by atoms with Crippen LogP contribution in [0.4, 0.5) is 0 Å². The fourth-order valence-electron chi connectivity index (χ4n) is 11.8. The third-order valence-corrected chi connectivity index (χ3v) is 16.4. The van der Waals surface area contributed by atoms with Gasteiger partial charge in [0, 0.05) is 51.2 Å². The molecule has 4 fully saturated rings. The molecule has 0 aromatic heterocycles. The molecule has 18 nitrogen and oxygen atoms in total. The number of nitrogens with zero attached hydrogens (tertiary/aromatic N) is 3. The Labute approximate surface area is 423 Å². The first-order valence-corrected chi connectivity index (χ1v) is 26.2. The number of likely N-dealkylation sites (N-methyl/N-ethyl adjacent to an activating group) is 2. The second-order valence-corrected chi connectivity index (χ2v) is 22.6. The second kappa shape index (κ2) is 25.0. The molecule has 0 aliphatic carbocycles. The van der Waals surface area contributed by atoms with Gasteiger partial charge in [-0.2, -0.15) is 0 Å². The third kappa shape index (κ3) is 14.3. The average Bonchev–Trinajstić information content (AvgIpc) is 3.78. The number of carbonyl (C=O) groups excluding carboxylic acids is 2. The van der Waals surface area contributed by atoms with Crippen LogP contribution in [0, 0.1) is 17.8 Å². The number of cyclic esters (lactones) is 1. The van der Waals surface area contributed by atoms with Crippen molar-refractivity contribution in [2.75, 3.05) is 40.8 Å². The zero-order chi connectivity index (χ0) is 52.9. The molecule has 4 heterocycles. The Kier molecular flexibility index (Phi) is 20.9. The number of aliphatic hydroxyl groups excluding tert-OH is 4. The highest BCUT2D eigenvalue weighted by molar-refractivity contribution is 5.82. The maximum Gasteiger partial charge on any atom is 0.311 e. The molecule has 0 radical (unpaired) electrons. The summed E-state index contributed by atoms with van der Waals surface area (Å²) in [6, 6.07) is 7.83. The summed E-state index contributed by atoms with van der Waals surface area (Å²) in [6.45, 7) is 21.0. The summed E-state index contributed by atoms with van der Waals surface area (Å²) >= 11 is 0. The van der Waals surface area contributed by atoms with Gasteiger partial charge in [-0.15, -0.1) is 0 Å². The molecule has 21 atom stereocenters. The number of amides is 1. The number of ether oxygens (including phenoxy) is 6. The Hall–Kier alpha value is -2.40. The summed E-state index contributed by atoms with van der Waals surface area (Å²) in [6.07, 6.45) is -9.04.